The number of hydrogen-bond acceptors (Lipinski definition) is 4. The van der Waals surface area contributed by atoms with Gasteiger partial charge in [0.1, 0.15) is 30.5 Å². The summed E-state index contributed by atoms with van der Waals surface area (Å²) in [6, 6.07) is 33.6. The zero-order valence-corrected chi connectivity index (χ0v) is 24.7. The number of ether oxygens (including phenoxy) is 3. The van der Waals surface area contributed by atoms with Crippen LogP contribution in [0.3, 0.4) is 0 Å². The highest BCUT2D eigenvalue weighted by molar-refractivity contribution is 5.92. The molecule has 216 valence electrons. The van der Waals surface area contributed by atoms with E-state index < -0.39 is 0 Å². The topological polar surface area (TPSA) is 35.9 Å². The van der Waals surface area contributed by atoms with Crippen molar-refractivity contribution in [1.82, 2.24) is 9.47 Å². The summed E-state index contributed by atoms with van der Waals surface area (Å²) in [7, 11) is 1.72. The van der Waals surface area contributed by atoms with Crippen molar-refractivity contribution in [2.24, 2.45) is 0 Å². The minimum Gasteiger partial charge on any atom is -0.497 e. The normalized spacial score (nSPS) is 13.8. The van der Waals surface area contributed by atoms with E-state index in [1.807, 2.05) is 24.3 Å². The van der Waals surface area contributed by atoms with Crippen molar-refractivity contribution >= 4 is 10.9 Å². The number of benzene rings is 4. The third-order valence-electron chi connectivity index (χ3n) is 8.27. The van der Waals surface area contributed by atoms with E-state index in [4.69, 9.17) is 14.2 Å². The predicted molar refractivity (Wildman–Crippen MR) is 171 cm³/mol. The van der Waals surface area contributed by atoms with Crippen LogP contribution in [0.4, 0.5) is 0 Å². The van der Waals surface area contributed by atoms with E-state index in [0.717, 1.165) is 48.1 Å². The highest BCUT2D eigenvalue weighted by Gasteiger charge is 2.18. The van der Waals surface area contributed by atoms with Crippen LogP contribution in [0.1, 0.15) is 36.0 Å². The van der Waals surface area contributed by atoms with Crippen LogP contribution in [-0.4, -0.2) is 42.8 Å². The summed E-state index contributed by atoms with van der Waals surface area (Å²) < 4.78 is 20.3. The van der Waals surface area contributed by atoms with Crippen LogP contribution in [0, 0.1) is 6.92 Å². The molecule has 0 aliphatic carbocycles. The van der Waals surface area contributed by atoms with Gasteiger partial charge in [-0.25, -0.2) is 0 Å². The fourth-order valence-electron chi connectivity index (χ4n) is 5.99. The molecule has 42 heavy (non-hydrogen) atoms. The van der Waals surface area contributed by atoms with E-state index >= 15 is 0 Å². The van der Waals surface area contributed by atoms with Gasteiger partial charge in [0.2, 0.25) is 0 Å². The summed E-state index contributed by atoms with van der Waals surface area (Å²) in [4.78, 5) is 2.51. The lowest BCUT2D eigenvalue weighted by Gasteiger charge is -2.26. The summed E-state index contributed by atoms with van der Waals surface area (Å²) in [5.41, 5.74) is 7.10. The van der Waals surface area contributed by atoms with Crippen LogP contribution in [0.5, 0.6) is 17.2 Å². The molecule has 2 heterocycles. The number of fused-ring (bicyclic) bond motifs is 1. The van der Waals surface area contributed by atoms with Crippen LogP contribution in [0.25, 0.3) is 22.2 Å². The number of rotatable bonds is 11. The van der Waals surface area contributed by atoms with E-state index in [0.29, 0.717) is 6.61 Å². The van der Waals surface area contributed by atoms with E-state index in [-0.39, 0.29) is 0 Å². The van der Waals surface area contributed by atoms with E-state index in [1.165, 1.54) is 60.1 Å². The quantitative estimate of drug-likeness (QED) is 0.163. The average molecular weight is 561 g/mol. The van der Waals surface area contributed by atoms with E-state index in [2.05, 4.69) is 89.2 Å². The Morgan fingerprint density at radius 3 is 2.26 bits per heavy atom. The van der Waals surface area contributed by atoms with Crippen LogP contribution >= 0.6 is 0 Å². The fraction of sp³-hybridized carbons (Fsp3) is 0.297. The first-order chi connectivity index (χ1) is 20.7. The molecular weight excluding hydrogens is 520 g/mol. The first-order valence-electron chi connectivity index (χ1n) is 15.1. The average Bonchev–Trinajstić information content (AvgIpc) is 3.32. The minimum absolute atomic E-state index is 0.543. The lowest BCUT2D eigenvalue weighted by atomic mass is 10.1. The largest absolute Gasteiger partial charge is 0.497 e. The van der Waals surface area contributed by atoms with Gasteiger partial charge in [-0.1, -0.05) is 61.0 Å². The van der Waals surface area contributed by atoms with Crippen molar-refractivity contribution in [2.75, 3.05) is 33.4 Å². The fourth-order valence-corrected chi connectivity index (χ4v) is 5.99. The molecule has 0 bridgehead atoms. The van der Waals surface area contributed by atoms with Gasteiger partial charge in [0.05, 0.1) is 12.8 Å². The predicted octanol–water partition coefficient (Wildman–Crippen LogP) is 8.12. The molecular formula is C37H40N2O3. The van der Waals surface area contributed by atoms with Crippen LogP contribution < -0.4 is 14.2 Å². The maximum atomic E-state index is 6.20. The first kappa shape index (κ1) is 27.9. The Morgan fingerprint density at radius 2 is 1.48 bits per heavy atom. The summed E-state index contributed by atoms with van der Waals surface area (Å²) in [6.07, 6.45) is 3.97. The van der Waals surface area contributed by atoms with Crippen molar-refractivity contribution in [3.8, 4) is 28.5 Å². The zero-order chi connectivity index (χ0) is 28.7. The van der Waals surface area contributed by atoms with Crippen molar-refractivity contribution in [2.45, 2.75) is 39.3 Å². The molecule has 1 aliphatic heterocycles. The third kappa shape index (κ3) is 6.47. The van der Waals surface area contributed by atoms with Crippen molar-refractivity contribution < 1.29 is 14.2 Å². The number of piperidine rings is 1. The molecule has 1 fully saturated rings. The number of likely N-dealkylation sites (tertiary alicyclic amines) is 1. The lowest BCUT2D eigenvalue weighted by molar-refractivity contribution is 0.183. The highest BCUT2D eigenvalue weighted by atomic mass is 16.5. The van der Waals surface area contributed by atoms with Gasteiger partial charge in [-0.15, -0.1) is 0 Å². The summed E-state index contributed by atoms with van der Waals surface area (Å²) in [6.45, 7) is 7.61. The second-order valence-corrected chi connectivity index (χ2v) is 11.1. The smallest absolute Gasteiger partial charge is 0.120 e. The van der Waals surface area contributed by atoms with Gasteiger partial charge in [0, 0.05) is 29.6 Å². The highest BCUT2D eigenvalue weighted by Crippen LogP contribution is 2.37. The molecule has 4 aromatic carbocycles. The van der Waals surface area contributed by atoms with Crippen LogP contribution in [0.2, 0.25) is 0 Å². The van der Waals surface area contributed by atoms with Gasteiger partial charge in [-0.2, -0.15) is 0 Å². The molecule has 1 aromatic heterocycles. The Bertz CT molecular complexity index is 1600. The summed E-state index contributed by atoms with van der Waals surface area (Å²) in [5.74, 6) is 2.65. The summed E-state index contributed by atoms with van der Waals surface area (Å²) in [5, 5.41) is 1.19. The number of aryl methyl sites for hydroxylation is 1. The Kier molecular flexibility index (Phi) is 8.76. The molecule has 1 aliphatic rings. The third-order valence-corrected chi connectivity index (χ3v) is 8.27. The van der Waals surface area contributed by atoms with Gasteiger partial charge < -0.3 is 18.8 Å². The monoisotopic (exact) mass is 560 g/mol. The standard InChI is InChI=1S/C37H40N2O3/c1-28-35-25-34(42-27-30-10-5-3-6-11-30)18-19-36(35)39(37(28)31-12-9-13-33(24-31)40-2)26-29-14-16-32(17-15-29)41-23-22-38-20-7-4-8-21-38/h3,5-6,9-19,24-25H,4,7-8,20-23,26-27H2,1-2H3. The molecule has 6 rings (SSSR count). The molecule has 5 aromatic rings. The van der Waals surface area contributed by atoms with Gasteiger partial charge in [0.25, 0.3) is 0 Å². The molecule has 0 radical (unpaired) electrons. The molecule has 0 N–H and O–H groups in total. The maximum Gasteiger partial charge on any atom is 0.120 e. The molecule has 5 nitrogen and oxygen atoms in total. The zero-order valence-electron chi connectivity index (χ0n) is 24.7. The van der Waals surface area contributed by atoms with E-state index in [9.17, 15) is 0 Å². The van der Waals surface area contributed by atoms with Gasteiger partial charge in [-0.3, -0.25) is 4.90 Å². The number of nitrogens with zero attached hydrogens (tertiary/aromatic N) is 2. The molecule has 0 spiro atoms. The molecule has 0 unspecified atom stereocenters. The summed E-state index contributed by atoms with van der Waals surface area (Å²) >= 11 is 0. The number of aromatic nitrogens is 1. The minimum atomic E-state index is 0.543. The Hall–Kier alpha value is -4.22. The van der Waals surface area contributed by atoms with E-state index in [1.54, 1.807) is 7.11 Å². The number of hydrogen-bond donors (Lipinski definition) is 0. The van der Waals surface area contributed by atoms with Gasteiger partial charge >= 0.3 is 0 Å². The molecule has 0 atom stereocenters. The molecule has 0 amide bonds. The molecule has 0 saturated carbocycles. The van der Waals surface area contributed by atoms with Crippen molar-refractivity contribution in [3.63, 3.8) is 0 Å². The van der Waals surface area contributed by atoms with Gasteiger partial charge in [0.15, 0.2) is 0 Å². The second-order valence-electron chi connectivity index (χ2n) is 11.1. The first-order valence-corrected chi connectivity index (χ1v) is 15.1. The van der Waals surface area contributed by atoms with Gasteiger partial charge in [-0.05, 0) is 92.0 Å². The SMILES string of the molecule is COc1cccc(-c2c(C)c3cc(OCc4ccccc4)ccc3n2Cc2ccc(OCCN3CCCCC3)cc2)c1. The van der Waals surface area contributed by atoms with Crippen LogP contribution in [0.15, 0.2) is 97.1 Å². The Morgan fingerprint density at radius 1 is 0.690 bits per heavy atom. The molecule has 1 saturated heterocycles. The Balaban J connectivity index is 1.26. The Labute approximate surface area is 249 Å². The second kappa shape index (κ2) is 13.2. The maximum absolute atomic E-state index is 6.20. The van der Waals surface area contributed by atoms with Crippen molar-refractivity contribution in [1.29, 1.82) is 0 Å². The van der Waals surface area contributed by atoms with Crippen molar-refractivity contribution in [3.05, 3.63) is 114 Å². The van der Waals surface area contributed by atoms with Crippen LogP contribution in [-0.2, 0) is 13.2 Å². The lowest BCUT2D eigenvalue weighted by Crippen LogP contribution is -2.33. The number of methoxy groups -OCH3 is 1. The molecule has 5 heteroatoms.